The smallest absolute Gasteiger partial charge is 0.322 e. The first kappa shape index (κ1) is 13.4. The zero-order valence-electron chi connectivity index (χ0n) is 11.0. The number of phenols is 2. The van der Waals surface area contributed by atoms with Gasteiger partial charge in [0.15, 0.2) is 0 Å². The van der Waals surface area contributed by atoms with Crippen molar-refractivity contribution < 1.29 is 19.4 Å². The number of aromatic hydroxyl groups is 2. The van der Waals surface area contributed by atoms with Crippen molar-refractivity contribution in [2.24, 2.45) is 0 Å². The molecule has 4 N–H and O–H groups in total. The molecule has 1 fully saturated rings. The van der Waals surface area contributed by atoms with Crippen molar-refractivity contribution in [2.45, 2.75) is 18.9 Å². The minimum Gasteiger partial charge on any atom is -0.508 e. The summed E-state index contributed by atoms with van der Waals surface area (Å²) in [6, 6.07) is 3.62. The molecule has 1 atom stereocenters. The van der Waals surface area contributed by atoms with Crippen molar-refractivity contribution in [1.82, 2.24) is 15.5 Å². The summed E-state index contributed by atoms with van der Waals surface area (Å²) in [5.74, 6) is -0.595. The normalized spacial score (nSPS) is 17.8. The molecule has 0 aliphatic carbocycles. The Bertz CT molecular complexity index is 664. The van der Waals surface area contributed by atoms with Crippen molar-refractivity contribution in [3.05, 3.63) is 29.7 Å². The van der Waals surface area contributed by atoms with Gasteiger partial charge in [-0.15, -0.1) is 5.10 Å². The number of anilines is 1. The lowest BCUT2D eigenvalue weighted by Gasteiger charge is -2.04. The zero-order valence-corrected chi connectivity index (χ0v) is 11.0. The number of carbonyl (C=O) groups is 1. The summed E-state index contributed by atoms with van der Waals surface area (Å²) in [4.78, 5) is 12.0. The van der Waals surface area contributed by atoms with Crippen LogP contribution in [0.1, 0.15) is 35.1 Å². The Kier molecular flexibility index (Phi) is 3.44. The van der Waals surface area contributed by atoms with E-state index in [-0.39, 0.29) is 29.1 Å². The summed E-state index contributed by atoms with van der Waals surface area (Å²) in [6.45, 7) is 0.895. The van der Waals surface area contributed by atoms with Crippen LogP contribution >= 0.6 is 0 Å². The van der Waals surface area contributed by atoms with Crippen molar-refractivity contribution in [3.63, 3.8) is 0 Å². The maximum atomic E-state index is 12.0. The van der Waals surface area contributed by atoms with E-state index in [1.54, 1.807) is 0 Å². The molecule has 2 heterocycles. The van der Waals surface area contributed by atoms with E-state index in [4.69, 9.17) is 4.42 Å². The van der Waals surface area contributed by atoms with E-state index >= 15 is 0 Å². The molecule has 0 bridgehead atoms. The van der Waals surface area contributed by atoms with Gasteiger partial charge < -0.3 is 19.9 Å². The van der Waals surface area contributed by atoms with E-state index in [0.29, 0.717) is 5.89 Å². The van der Waals surface area contributed by atoms with E-state index < -0.39 is 5.91 Å². The third kappa shape index (κ3) is 2.79. The lowest BCUT2D eigenvalue weighted by atomic mass is 10.2. The minimum absolute atomic E-state index is 0.0114. The van der Waals surface area contributed by atoms with Crippen LogP contribution in [0.3, 0.4) is 0 Å². The first-order chi connectivity index (χ1) is 10.1. The quantitative estimate of drug-likeness (QED) is 0.626. The first-order valence-electron chi connectivity index (χ1n) is 6.53. The van der Waals surface area contributed by atoms with Crippen LogP contribution in [-0.2, 0) is 0 Å². The third-order valence-corrected chi connectivity index (χ3v) is 3.24. The molecule has 1 aromatic carbocycles. The fourth-order valence-electron chi connectivity index (χ4n) is 2.19. The van der Waals surface area contributed by atoms with Gasteiger partial charge >= 0.3 is 6.01 Å². The summed E-state index contributed by atoms with van der Waals surface area (Å²) in [7, 11) is 0. The highest BCUT2D eigenvalue weighted by Gasteiger charge is 2.23. The summed E-state index contributed by atoms with van der Waals surface area (Å²) in [5.41, 5.74) is -0.0752. The summed E-state index contributed by atoms with van der Waals surface area (Å²) in [5, 5.41) is 32.2. The Morgan fingerprint density at radius 2 is 2.24 bits per heavy atom. The molecule has 3 rings (SSSR count). The zero-order chi connectivity index (χ0) is 14.8. The Morgan fingerprint density at radius 3 is 3.00 bits per heavy atom. The fourth-order valence-corrected chi connectivity index (χ4v) is 2.19. The van der Waals surface area contributed by atoms with E-state index in [0.717, 1.165) is 25.5 Å². The van der Waals surface area contributed by atoms with Gasteiger partial charge in [0.2, 0.25) is 5.89 Å². The Morgan fingerprint density at radius 1 is 1.38 bits per heavy atom. The average molecular weight is 290 g/mol. The average Bonchev–Trinajstić information content (AvgIpc) is 3.11. The van der Waals surface area contributed by atoms with Gasteiger partial charge in [-0.2, -0.15) is 0 Å². The predicted octanol–water partition coefficient (Wildman–Crippen LogP) is 1.16. The molecule has 1 aliphatic rings. The predicted molar refractivity (Wildman–Crippen MR) is 72.0 cm³/mol. The molecule has 0 radical (unpaired) electrons. The molecule has 1 saturated heterocycles. The van der Waals surface area contributed by atoms with Crippen molar-refractivity contribution in [1.29, 1.82) is 0 Å². The summed E-state index contributed by atoms with van der Waals surface area (Å²) < 4.78 is 5.37. The van der Waals surface area contributed by atoms with Gasteiger partial charge in [-0.05, 0) is 37.6 Å². The fraction of sp³-hybridized carbons (Fsp3) is 0.308. The van der Waals surface area contributed by atoms with Crippen LogP contribution < -0.4 is 10.6 Å². The molecule has 8 heteroatoms. The van der Waals surface area contributed by atoms with E-state index in [9.17, 15) is 15.0 Å². The van der Waals surface area contributed by atoms with Gasteiger partial charge in [0.25, 0.3) is 5.91 Å². The molecular weight excluding hydrogens is 276 g/mol. The Balaban J connectivity index is 1.74. The van der Waals surface area contributed by atoms with Crippen LogP contribution in [0.2, 0.25) is 0 Å². The topological polar surface area (TPSA) is 121 Å². The number of nitrogens with zero attached hydrogens (tertiary/aromatic N) is 2. The van der Waals surface area contributed by atoms with Crippen LogP contribution in [-0.4, -0.2) is 32.9 Å². The number of phenolic OH excluding ortho intramolecular Hbond substituents is 2. The van der Waals surface area contributed by atoms with Gasteiger partial charge in [-0.3, -0.25) is 10.1 Å². The number of carbonyl (C=O) groups excluding carboxylic acids is 1. The van der Waals surface area contributed by atoms with Crippen LogP contribution in [0.5, 0.6) is 11.5 Å². The molecule has 8 nitrogen and oxygen atoms in total. The molecule has 0 spiro atoms. The summed E-state index contributed by atoms with van der Waals surface area (Å²) in [6.07, 6.45) is 1.94. The summed E-state index contributed by atoms with van der Waals surface area (Å²) >= 11 is 0. The highest BCUT2D eigenvalue weighted by Crippen LogP contribution is 2.25. The van der Waals surface area contributed by atoms with Gasteiger partial charge in [-0.25, -0.2) is 0 Å². The Hall–Kier alpha value is -2.61. The number of rotatable bonds is 3. The third-order valence-electron chi connectivity index (χ3n) is 3.24. The minimum atomic E-state index is -0.641. The maximum absolute atomic E-state index is 12.0. The standard InChI is InChI=1S/C13H14N4O4/c18-7-3-4-10(19)8(6-7)11(20)15-13-17-16-12(21-13)9-2-1-5-14-9/h3-4,6,9,14,18-19H,1-2,5H2,(H,15,17,20). The largest absolute Gasteiger partial charge is 0.508 e. The van der Waals surface area contributed by atoms with Gasteiger partial charge in [0.05, 0.1) is 11.6 Å². The highest BCUT2D eigenvalue weighted by atomic mass is 16.4. The van der Waals surface area contributed by atoms with Crippen LogP contribution in [0.25, 0.3) is 0 Å². The molecule has 2 aromatic rings. The van der Waals surface area contributed by atoms with Crippen LogP contribution in [0, 0.1) is 0 Å². The monoisotopic (exact) mass is 290 g/mol. The van der Waals surface area contributed by atoms with Crippen molar-refractivity contribution in [3.8, 4) is 11.5 Å². The lowest BCUT2D eigenvalue weighted by molar-refractivity contribution is 0.102. The van der Waals surface area contributed by atoms with Gasteiger partial charge in [0.1, 0.15) is 11.5 Å². The maximum Gasteiger partial charge on any atom is 0.322 e. The van der Waals surface area contributed by atoms with E-state index in [1.807, 2.05) is 0 Å². The van der Waals surface area contributed by atoms with E-state index in [1.165, 1.54) is 12.1 Å². The lowest BCUT2D eigenvalue weighted by Crippen LogP contribution is -2.13. The second-order valence-electron chi connectivity index (χ2n) is 4.75. The Labute approximate surface area is 119 Å². The number of hydrogen-bond donors (Lipinski definition) is 4. The SMILES string of the molecule is O=C(Nc1nnc(C2CCCN2)o1)c1cc(O)ccc1O. The number of nitrogens with one attached hydrogen (secondary N) is 2. The van der Waals surface area contributed by atoms with Crippen LogP contribution in [0.15, 0.2) is 22.6 Å². The van der Waals surface area contributed by atoms with Crippen molar-refractivity contribution >= 4 is 11.9 Å². The molecular formula is C13H14N4O4. The molecule has 1 unspecified atom stereocenters. The second kappa shape index (κ2) is 5.41. The molecule has 0 saturated carbocycles. The molecule has 110 valence electrons. The first-order valence-corrected chi connectivity index (χ1v) is 6.53. The molecule has 1 amide bonds. The van der Waals surface area contributed by atoms with Gasteiger partial charge in [-0.1, -0.05) is 5.10 Å². The number of amides is 1. The second-order valence-corrected chi connectivity index (χ2v) is 4.75. The van der Waals surface area contributed by atoms with Crippen molar-refractivity contribution in [2.75, 3.05) is 11.9 Å². The van der Waals surface area contributed by atoms with Crippen LogP contribution in [0.4, 0.5) is 6.01 Å². The molecule has 21 heavy (non-hydrogen) atoms. The number of hydrogen-bond acceptors (Lipinski definition) is 7. The number of aromatic nitrogens is 2. The molecule has 1 aliphatic heterocycles. The highest BCUT2D eigenvalue weighted by molar-refractivity contribution is 6.05. The molecule has 1 aromatic heterocycles. The van der Waals surface area contributed by atoms with Gasteiger partial charge in [0, 0.05) is 0 Å². The van der Waals surface area contributed by atoms with E-state index in [2.05, 4.69) is 20.8 Å². The number of benzene rings is 1.